The molecule has 0 radical (unpaired) electrons. The number of halogens is 1. The number of methoxy groups -OCH3 is 1. The topological polar surface area (TPSA) is 111 Å². The van der Waals surface area contributed by atoms with Crippen LogP contribution in [-0.4, -0.2) is 40.8 Å². The van der Waals surface area contributed by atoms with Gasteiger partial charge in [-0.2, -0.15) is 5.26 Å². The van der Waals surface area contributed by atoms with E-state index < -0.39 is 11.8 Å². The van der Waals surface area contributed by atoms with Crippen molar-refractivity contribution in [3.8, 4) is 33.9 Å². The minimum absolute atomic E-state index is 0.304. The number of fused-ring (bicyclic) bond motifs is 1. The van der Waals surface area contributed by atoms with E-state index >= 15 is 0 Å². The van der Waals surface area contributed by atoms with Crippen LogP contribution < -0.4 is 19.5 Å². The van der Waals surface area contributed by atoms with Crippen LogP contribution in [0.5, 0.6) is 17.2 Å². The summed E-state index contributed by atoms with van der Waals surface area (Å²) in [6, 6.07) is 18.9. The summed E-state index contributed by atoms with van der Waals surface area (Å²) in [5.41, 5.74) is 1.21. The summed E-state index contributed by atoms with van der Waals surface area (Å²) in [5.74, 6) is 0.914. The molecule has 3 heterocycles. The fourth-order valence-corrected chi connectivity index (χ4v) is 5.19. The third-order valence-electron chi connectivity index (χ3n) is 6.00. The SMILES string of the molecule is CCOc1cc(-c2cc(NCCn3c(C#N)cc4c(OC)ccc(F)c43)ncn2)sc1C(=O)Oc1ccccc1. The third kappa shape index (κ3) is 5.43. The number of para-hydroxylation sites is 1. The highest BCUT2D eigenvalue weighted by Gasteiger charge is 2.21. The minimum atomic E-state index is -0.519. The molecule has 0 spiro atoms. The molecule has 11 heteroatoms. The molecule has 5 aromatic rings. The first kappa shape index (κ1) is 26.6. The molecule has 3 aromatic heterocycles. The van der Waals surface area contributed by atoms with Crippen molar-refractivity contribution in [1.29, 1.82) is 5.26 Å². The van der Waals surface area contributed by atoms with Gasteiger partial charge < -0.3 is 24.1 Å². The molecule has 202 valence electrons. The van der Waals surface area contributed by atoms with Gasteiger partial charge >= 0.3 is 5.97 Å². The van der Waals surface area contributed by atoms with E-state index in [1.807, 2.05) is 13.0 Å². The van der Waals surface area contributed by atoms with Gasteiger partial charge in [-0.25, -0.2) is 19.2 Å². The molecule has 5 rings (SSSR count). The molecule has 1 N–H and O–H groups in total. The molecular formula is C29H24FN5O4S. The van der Waals surface area contributed by atoms with Gasteiger partial charge in [0.2, 0.25) is 0 Å². The first-order valence-corrected chi connectivity index (χ1v) is 13.2. The summed E-state index contributed by atoms with van der Waals surface area (Å²) in [6.45, 7) is 2.88. The summed E-state index contributed by atoms with van der Waals surface area (Å²) in [5, 5.41) is 13.4. The number of esters is 1. The van der Waals surface area contributed by atoms with Gasteiger partial charge in [0.05, 0.1) is 29.8 Å². The second-order valence-corrected chi connectivity index (χ2v) is 9.51. The summed E-state index contributed by atoms with van der Waals surface area (Å²) >= 11 is 1.21. The highest BCUT2D eigenvalue weighted by Crippen LogP contribution is 2.37. The van der Waals surface area contributed by atoms with Gasteiger partial charge in [0, 0.05) is 30.6 Å². The Bertz CT molecular complexity index is 1710. The number of hydrogen-bond acceptors (Lipinski definition) is 9. The average Bonchev–Trinajstić information content (AvgIpc) is 3.57. The zero-order valence-electron chi connectivity index (χ0n) is 21.7. The van der Waals surface area contributed by atoms with Crippen LogP contribution >= 0.6 is 11.3 Å². The van der Waals surface area contributed by atoms with Crippen LogP contribution in [0.2, 0.25) is 0 Å². The second kappa shape index (κ2) is 11.8. The molecule has 0 aliphatic heterocycles. The quantitative estimate of drug-likeness (QED) is 0.167. The van der Waals surface area contributed by atoms with E-state index in [2.05, 4.69) is 21.4 Å². The maximum Gasteiger partial charge on any atom is 0.357 e. The van der Waals surface area contributed by atoms with Gasteiger partial charge in [0.15, 0.2) is 4.88 Å². The van der Waals surface area contributed by atoms with Crippen molar-refractivity contribution >= 4 is 34.0 Å². The van der Waals surface area contributed by atoms with E-state index in [1.54, 1.807) is 47.0 Å². The number of ether oxygens (including phenoxy) is 3. The van der Waals surface area contributed by atoms with Gasteiger partial charge in [0.1, 0.15) is 47.0 Å². The molecule has 0 aliphatic carbocycles. The standard InChI is InChI=1S/C29H24FN5O4S/c1-3-38-24-15-25(40-28(24)29(36)39-19-7-5-4-6-8-19)22-14-26(34-17-33-22)32-11-12-35-18(16-31)13-20-23(37-2)10-9-21(30)27(20)35/h4-10,13-15,17H,3,11-12H2,1-2H3,(H,32,33,34). The Kier molecular flexibility index (Phi) is 7.89. The molecule has 0 amide bonds. The normalized spacial score (nSPS) is 10.8. The average molecular weight is 558 g/mol. The Morgan fingerprint density at radius 2 is 1.95 bits per heavy atom. The molecule has 0 unspecified atom stereocenters. The number of carbonyl (C=O) groups is 1. The van der Waals surface area contributed by atoms with Crippen molar-refractivity contribution in [2.75, 3.05) is 25.6 Å². The van der Waals surface area contributed by atoms with E-state index in [0.29, 0.717) is 74.8 Å². The number of hydrogen-bond donors (Lipinski definition) is 1. The van der Waals surface area contributed by atoms with Gasteiger partial charge in [-0.1, -0.05) is 18.2 Å². The van der Waals surface area contributed by atoms with E-state index in [-0.39, 0.29) is 0 Å². The molecule has 0 saturated heterocycles. The maximum absolute atomic E-state index is 14.7. The summed E-state index contributed by atoms with van der Waals surface area (Å²) < 4.78 is 32.9. The lowest BCUT2D eigenvalue weighted by atomic mass is 10.2. The summed E-state index contributed by atoms with van der Waals surface area (Å²) in [4.78, 5) is 22.6. The molecule has 0 fully saturated rings. The number of aromatic nitrogens is 3. The first-order chi connectivity index (χ1) is 19.5. The van der Waals surface area contributed by atoms with Gasteiger partial charge in [-0.15, -0.1) is 11.3 Å². The molecule has 0 atom stereocenters. The van der Waals surface area contributed by atoms with Gasteiger partial charge in [0.25, 0.3) is 0 Å². The van der Waals surface area contributed by atoms with Crippen molar-refractivity contribution in [1.82, 2.24) is 14.5 Å². The number of rotatable bonds is 10. The van der Waals surface area contributed by atoms with Crippen LogP contribution in [0.3, 0.4) is 0 Å². The zero-order chi connectivity index (χ0) is 28.1. The number of carbonyl (C=O) groups excluding carboxylic acids is 1. The highest BCUT2D eigenvalue weighted by atomic mass is 32.1. The maximum atomic E-state index is 14.7. The lowest BCUT2D eigenvalue weighted by molar-refractivity contribution is 0.0736. The van der Waals surface area contributed by atoms with Crippen LogP contribution in [0.15, 0.2) is 67.0 Å². The molecule has 0 bridgehead atoms. The van der Waals surface area contributed by atoms with Crippen LogP contribution in [-0.2, 0) is 6.54 Å². The van der Waals surface area contributed by atoms with E-state index in [1.165, 1.54) is 36.9 Å². The van der Waals surface area contributed by atoms with Crippen molar-refractivity contribution in [2.45, 2.75) is 13.5 Å². The number of thiophene rings is 1. The molecule has 0 aliphatic rings. The van der Waals surface area contributed by atoms with Crippen molar-refractivity contribution in [3.63, 3.8) is 0 Å². The Labute approximate surface area is 233 Å². The Morgan fingerprint density at radius 3 is 2.70 bits per heavy atom. The van der Waals surface area contributed by atoms with E-state index in [0.717, 1.165) is 0 Å². The Hall–Kier alpha value is -4.95. The van der Waals surface area contributed by atoms with Crippen molar-refractivity contribution < 1.29 is 23.4 Å². The lowest BCUT2D eigenvalue weighted by Crippen LogP contribution is -2.13. The van der Waals surface area contributed by atoms with Crippen molar-refractivity contribution in [3.05, 3.63) is 83.4 Å². The zero-order valence-corrected chi connectivity index (χ0v) is 22.5. The number of nitrogens with zero attached hydrogens (tertiary/aromatic N) is 4. The van der Waals surface area contributed by atoms with Crippen LogP contribution in [0.4, 0.5) is 10.2 Å². The minimum Gasteiger partial charge on any atom is -0.496 e. The first-order valence-electron chi connectivity index (χ1n) is 12.4. The van der Waals surface area contributed by atoms with Crippen LogP contribution in [0, 0.1) is 17.1 Å². The predicted molar refractivity (Wildman–Crippen MR) is 150 cm³/mol. The second-order valence-electron chi connectivity index (χ2n) is 8.46. The van der Waals surface area contributed by atoms with E-state index in [9.17, 15) is 14.4 Å². The number of anilines is 1. The molecule has 2 aromatic carbocycles. The number of nitrogens with one attached hydrogen (secondary N) is 1. The van der Waals surface area contributed by atoms with Crippen molar-refractivity contribution in [2.24, 2.45) is 0 Å². The number of benzene rings is 2. The largest absolute Gasteiger partial charge is 0.496 e. The molecule has 40 heavy (non-hydrogen) atoms. The highest BCUT2D eigenvalue weighted by molar-refractivity contribution is 7.17. The van der Waals surface area contributed by atoms with E-state index in [4.69, 9.17) is 14.2 Å². The summed E-state index contributed by atoms with van der Waals surface area (Å²) in [6.07, 6.45) is 1.41. The van der Waals surface area contributed by atoms with Gasteiger partial charge in [-0.3, -0.25) is 0 Å². The van der Waals surface area contributed by atoms with Crippen LogP contribution in [0.1, 0.15) is 22.3 Å². The Balaban J connectivity index is 1.34. The fourth-order valence-electron chi connectivity index (χ4n) is 4.25. The summed E-state index contributed by atoms with van der Waals surface area (Å²) in [7, 11) is 1.50. The number of nitriles is 1. The Morgan fingerprint density at radius 1 is 1.12 bits per heavy atom. The lowest BCUT2D eigenvalue weighted by Gasteiger charge is -2.11. The predicted octanol–water partition coefficient (Wildman–Crippen LogP) is 5.91. The molecule has 0 saturated carbocycles. The molecule has 9 nitrogen and oxygen atoms in total. The molecular weight excluding hydrogens is 533 g/mol. The smallest absolute Gasteiger partial charge is 0.357 e. The third-order valence-corrected chi connectivity index (χ3v) is 7.12. The van der Waals surface area contributed by atoms with Gasteiger partial charge in [-0.05, 0) is 37.3 Å². The van der Waals surface area contributed by atoms with Crippen LogP contribution in [0.25, 0.3) is 21.5 Å². The monoisotopic (exact) mass is 557 g/mol. The fraction of sp³-hybridized carbons (Fsp3) is 0.172.